The Labute approximate surface area is 77.3 Å². The molecule has 13 heavy (non-hydrogen) atoms. The lowest BCUT2D eigenvalue weighted by atomic mass is 10.1. The topological polar surface area (TPSA) is 92.4 Å². The van der Waals surface area contributed by atoms with Gasteiger partial charge < -0.3 is 16.2 Å². The molecule has 0 spiro atoms. The van der Waals surface area contributed by atoms with Crippen molar-refractivity contribution in [1.82, 2.24) is 5.32 Å². The molecule has 0 aliphatic heterocycles. The molecule has 0 fully saturated rings. The van der Waals surface area contributed by atoms with Gasteiger partial charge in [0, 0.05) is 12.5 Å². The number of nitrogens with one attached hydrogen (secondary N) is 1. The zero-order valence-electron chi connectivity index (χ0n) is 7.91. The van der Waals surface area contributed by atoms with Gasteiger partial charge in [-0.15, -0.1) is 0 Å². The summed E-state index contributed by atoms with van der Waals surface area (Å²) in [5.74, 6) is -1.66. The number of carbonyl (C=O) groups is 2. The predicted octanol–water partition coefficient (Wildman–Crippen LogP) is -0.439. The highest BCUT2D eigenvalue weighted by molar-refractivity contribution is 5.84. The molecule has 0 heterocycles. The highest BCUT2D eigenvalue weighted by Crippen LogP contribution is 1.96. The van der Waals surface area contributed by atoms with Crippen molar-refractivity contribution in [1.29, 1.82) is 0 Å². The van der Waals surface area contributed by atoms with E-state index < -0.39 is 12.0 Å². The normalized spacial score (nSPS) is 14.7. The van der Waals surface area contributed by atoms with Crippen molar-refractivity contribution in [2.75, 3.05) is 6.54 Å². The standard InChI is InChI=1S/C8H16N2O3/c1-3-6(8(12)13)10-7(11)5(2)4-9/h5-6H,3-4,9H2,1-2H3,(H,10,11)(H,12,13)/t5?,6-/m1/s1. The Bertz CT molecular complexity index is 194. The van der Waals surface area contributed by atoms with Gasteiger partial charge in [0.25, 0.3) is 0 Å². The Morgan fingerprint density at radius 2 is 2.08 bits per heavy atom. The minimum atomic E-state index is -1.01. The van der Waals surface area contributed by atoms with Crippen molar-refractivity contribution in [3.8, 4) is 0 Å². The number of rotatable bonds is 5. The molecule has 4 N–H and O–H groups in total. The van der Waals surface area contributed by atoms with Gasteiger partial charge >= 0.3 is 5.97 Å². The third kappa shape index (κ3) is 3.89. The summed E-state index contributed by atoms with van der Waals surface area (Å²) in [6, 6.07) is -0.804. The zero-order chi connectivity index (χ0) is 10.4. The maximum absolute atomic E-state index is 11.2. The van der Waals surface area contributed by atoms with Gasteiger partial charge in [0.2, 0.25) is 5.91 Å². The summed E-state index contributed by atoms with van der Waals surface area (Å²) in [6.45, 7) is 3.58. The summed E-state index contributed by atoms with van der Waals surface area (Å²) < 4.78 is 0. The second-order valence-corrected chi connectivity index (χ2v) is 2.94. The molecule has 5 heteroatoms. The smallest absolute Gasteiger partial charge is 0.326 e. The molecule has 0 radical (unpaired) electrons. The molecule has 2 atom stereocenters. The lowest BCUT2D eigenvalue weighted by Crippen LogP contribution is -2.44. The van der Waals surface area contributed by atoms with E-state index in [-0.39, 0.29) is 18.4 Å². The number of carbonyl (C=O) groups excluding carboxylic acids is 1. The van der Waals surface area contributed by atoms with Gasteiger partial charge in [-0.25, -0.2) is 4.79 Å². The second-order valence-electron chi connectivity index (χ2n) is 2.94. The number of carboxylic acid groups (broad SMARTS) is 1. The molecule has 0 saturated carbocycles. The summed E-state index contributed by atoms with van der Waals surface area (Å²) in [7, 11) is 0. The minimum absolute atomic E-state index is 0.224. The molecule has 0 rings (SSSR count). The average molecular weight is 188 g/mol. The van der Waals surface area contributed by atoms with Crippen LogP contribution in [0, 0.1) is 5.92 Å². The third-order valence-corrected chi connectivity index (χ3v) is 1.82. The van der Waals surface area contributed by atoms with Crippen LogP contribution in [0.4, 0.5) is 0 Å². The van der Waals surface area contributed by atoms with E-state index in [1.807, 2.05) is 0 Å². The van der Waals surface area contributed by atoms with Crippen LogP contribution in [-0.2, 0) is 9.59 Å². The predicted molar refractivity (Wildman–Crippen MR) is 48.1 cm³/mol. The molecule has 0 aromatic heterocycles. The van der Waals surface area contributed by atoms with E-state index in [1.165, 1.54) is 0 Å². The van der Waals surface area contributed by atoms with Gasteiger partial charge in [-0.2, -0.15) is 0 Å². The molecule has 0 aliphatic rings. The summed E-state index contributed by atoms with van der Waals surface area (Å²) >= 11 is 0. The van der Waals surface area contributed by atoms with Crippen molar-refractivity contribution in [3.63, 3.8) is 0 Å². The summed E-state index contributed by atoms with van der Waals surface area (Å²) in [5, 5.41) is 11.0. The zero-order valence-corrected chi connectivity index (χ0v) is 7.91. The fourth-order valence-electron chi connectivity index (χ4n) is 0.759. The van der Waals surface area contributed by atoms with Gasteiger partial charge in [-0.1, -0.05) is 13.8 Å². The molecular formula is C8H16N2O3. The van der Waals surface area contributed by atoms with Crippen molar-refractivity contribution < 1.29 is 14.7 Å². The van der Waals surface area contributed by atoms with E-state index in [2.05, 4.69) is 5.32 Å². The number of carboxylic acids is 1. The lowest BCUT2D eigenvalue weighted by molar-refractivity contribution is -0.142. The number of nitrogens with two attached hydrogens (primary N) is 1. The van der Waals surface area contributed by atoms with E-state index >= 15 is 0 Å². The van der Waals surface area contributed by atoms with Gasteiger partial charge in [0.15, 0.2) is 0 Å². The van der Waals surface area contributed by atoms with E-state index in [0.29, 0.717) is 6.42 Å². The van der Waals surface area contributed by atoms with E-state index in [1.54, 1.807) is 13.8 Å². The quantitative estimate of drug-likeness (QED) is 0.545. The van der Waals surface area contributed by atoms with Crippen LogP contribution in [0.3, 0.4) is 0 Å². The summed E-state index contributed by atoms with van der Waals surface area (Å²) in [5.41, 5.74) is 5.26. The number of hydrogen-bond acceptors (Lipinski definition) is 3. The average Bonchev–Trinajstić information content (AvgIpc) is 2.11. The van der Waals surface area contributed by atoms with Crippen molar-refractivity contribution in [2.24, 2.45) is 11.7 Å². The fraction of sp³-hybridized carbons (Fsp3) is 0.750. The highest BCUT2D eigenvalue weighted by atomic mass is 16.4. The first-order valence-corrected chi connectivity index (χ1v) is 4.26. The van der Waals surface area contributed by atoms with E-state index in [9.17, 15) is 9.59 Å². The largest absolute Gasteiger partial charge is 0.480 e. The van der Waals surface area contributed by atoms with Crippen LogP contribution in [-0.4, -0.2) is 29.6 Å². The number of hydrogen-bond donors (Lipinski definition) is 3. The Morgan fingerprint density at radius 1 is 1.54 bits per heavy atom. The summed E-state index contributed by atoms with van der Waals surface area (Å²) in [6.07, 6.45) is 0.373. The van der Waals surface area contributed by atoms with Crippen LogP contribution in [0.2, 0.25) is 0 Å². The van der Waals surface area contributed by atoms with Crippen LogP contribution in [0.15, 0.2) is 0 Å². The van der Waals surface area contributed by atoms with Crippen molar-refractivity contribution in [3.05, 3.63) is 0 Å². The SMILES string of the molecule is CC[C@@H](NC(=O)C(C)CN)C(=O)O. The van der Waals surface area contributed by atoms with Gasteiger partial charge in [-0.05, 0) is 6.42 Å². The van der Waals surface area contributed by atoms with Crippen molar-refractivity contribution in [2.45, 2.75) is 26.3 Å². The van der Waals surface area contributed by atoms with E-state index in [0.717, 1.165) is 0 Å². The van der Waals surface area contributed by atoms with Gasteiger partial charge in [-0.3, -0.25) is 4.79 Å². The molecule has 0 aromatic carbocycles. The van der Waals surface area contributed by atoms with Crippen LogP contribution in [0.5, 0.6) is 0 Å². The first-order chi connectivity index (χ1) is 6.02. The fourth-order valence-corrected chi connectivity index (χ4v) is 0.759. The third-order valence-electron chi connectivity index (χ3n) is 1.82. The Morgan fingerprint density at radius 3 is 2.38 bits per heavy atom. The monoisotopic (exact) mass is 188 g/mol. The maximum atomic E-state index is 11.2. The van der Waals surface area contributed by atoms with Crippen LogP contribution >= 0.6 is 0 Å². The molecule has 0 aliphatic carbocycles. The van der Waals surface area contributed by atoms with Crippen molar-refractivity contribution >= 4 is 11.9 Å². The van der Waals surface area contributed by atoms with Crippen LogP contribution < -0.4 is 11.1 Å². The Balaban J connectivity index is 4.09. The second kappa shape index (κ2) is 5.53. The minimum Gasteiger partial charge on any atom is -0.480 e. The molecule has 0 bridgehead atoms. The van der Waals surface area contributed by atoms with Gasteiger partial charge in [0.05, 0.1) is 0 Å². The molecule has 0 saturated heterocycles. The first kappa shape index (κ1) is 11.9. The first-order valence-electron chi connectivity index (χ1n) is 4.26. The number of aliphatic carboxylic acids is 1. The Kier molecular flexibility index (Phi) is 5.06. The molecule has 1 amide bonds. The summed E-state index contributed by atoms with van der Waals surface area (Å²) in [4.78, 5) is 21.7. The molecule has 5 nitrogen and oxygen atoms in total. The molecule has 0 aromatic rings. The molecule has 1 unspecified atom stereocenters. The number of amides is 1. The lowest BCUT2D eigenvalue weighted by Gasteiger charge is -2.14. The molecular weight excluding hydrogens is 172 g/mol. The van der Waals surface area contributed by atoms with Crippen LogP contribution in [0.1, 0.15) is 20.3 Å². The highest BCUT2D eigenvalue weighted by Gasteiger charge is 2.20. The van der Waals surface area contributed by atoms with Crippen LogP contribution in [0.25, 0.3) is 0 Å². The van der Waals surface area contributed by atoms with E-state index in [4.69, 9.17) is 10.8 Å². The molecule has 76 valence electrons. The van der Waals surface area contributed by atoms with Gasteiger partial charge in [0.1, 0.15) is 6.04 Å². The maximum Gasteiger partial charge on any atom is 0.326 e. The Hall–Kier alpha value is -1.10.